The molecule has 0 saturated carbocycles. The van der Waals surface area contributed by atoms with E-state index in [1.165, 1.54) is 7.11 Å². The third-order valence-corrected chi connectivity index (χ3v) is 2.09. The molecule has 0 radical (unpaired) electrons. The lowest BCUT2D eigenvalue weighted by Crippen LogP contribution is -2.00. The van der Waals surface area contributed by atoms with Gasteiger partial charge in [-0.05, 0) is 12.0 Å². The van der Waals surface area contributed by atoms with Crippen molar-refractivity contribution in [2.45, 2.75) is 19.8 Å². The van der Waals surface area contributed by atoms with E-state index in [9.17, 15) is 0 Å². The van der Waals surface area contributed by atoms with Gasteiger partial charge >= 0.3 is 0 Å². The molecule has 0 aliphatic rings. The summed E-state index contributed by atoms with van der Waals surface area (Å²) < 4.78 is 5.00. The number of ether oxygens (including phenoxy) is 1. The Bertz CT molecular complexity index is 313. The molecular weight excluding hydrogens is 188 g/mol. The van der Waals surface area contributed by atoms with Gasteiger partial charge in [0, 0.05) is 5.69 Å². The number of nitrogen functional groups attached to an aromatic ring is 1. The van der Waals surface area contributed by atoms with E-state index < -0.39 is 0 Å². The van der Waals surface area contributed by atoms with Crippen LogP contribution in [0.15, 0.2) is 6.07 Å². The van der Waals surface area contributed by atoms with Crippen LogP contribution in [-0.4, -0.2) is 12.1 Å². The van der Waals surface area contributed by atoms with Crippen molar-refractivity contribution < 1.29 is 4.74 Å². The molecule has 0 fully saturated rings. The number of aromatic nitrogens is 1. The first-order valence-electron chi connectivity index (χ1n) is 4.06. The number of rotatable bonds is 2. The first kappa shape index (κ1) is 10.1. The Balaban J connectivity index is 3.22. The van der Waals surface area contributed by atoms with Gasteiger partial charge in [0.25, 0.3) is 0 Å². The van der Waals surface area contributed by atoms with E-state index in [0.717, 1.165) is 5.69 Å². The second-order valence-corrected chi connectivity index (χ2v) is 3.51. The minimum Gasteiger partial charge on any atom is -0.479 e. The first-order chi connectivity index (χ1) is 6.06. The summed E-state index contributed by atoms with van der Waals surface area (Å²) in [4.78, 5) is 4.22. The van der Waals surface area contributed by atoms with Crippen LogP contribution in [0.3, 0.4) is 0 Å². The Labute approximate surface area is 82.9 Å². The van der Waals surface area contributed by atoms with Crippen molar-refractivity contribution >= 4 is 17.3 Å². The van der Waals surface area contributed by atoms with E-state index in [4.69, 9.17) is 22.1 Å². The number of pyridine rings is 1. The molecule has 0 amide bonds. The van der Waals surface area contributed by atoms with Gasteiger partial charge < -0.3 is 10.5 Å². The predicted octanol–water partition coefficient (Wildman–Crippen LogP) is 2.45. The summed E-state index contributed by atoms with van der Waals surface area (Å²) >= 11 is 5.90. The molecule has 0 aliphatic heterocycles. The van der Waals surface area contributed by atoms with Crippen LogP contribution in [-0.2, 0) is 0 Å². The van der Waals surface area contributed by atoms with Crippen molar-refractivity contribution in [3.8, 4) is 5.88 Å². The van der Waals surface area contributed by atoms with Gasteiger partial charge in [-0.25, -0.2) is 4.98 Å². The van der Waals surface area contributed by atoms with Gasteiger partial charge in [-0.3, -0.25) is 0 Å². The fourth-order valence-electron chi connectivity index (χ4n) is 0.971. The van der Waals surface area contributed by atoms with Gasteiger partial charge in [0.1, 0.15) is 5.69 Å². The molecule has 0 atom stereocenters. The van der Waals surface area contributed by atoms with Crippen LogP contribution < -0.4 is 10.5 Å². The number of halogens is 1. The van der Waals surface area contributed by atoms with E-state index in [0.29, 0.717) is 22.5 Å². The van der Waals surface area contributed by atoms with Crippen molar-refractivity contribution in [3.63, 3.8) is 0 Å². The average molecular weight is 201 g/mol. The molecule has 0 aliphatic carbocycles. The Morgan fingerprint density at radius 3 is 2.62 bits per heavy atom. The summed E-state index contributed by atoms with van der Waals surface area (Å²) in [7, 11) is 1.53. The monoisotopic (exact) mass is 200 g/mol. The summed E-state index contributed by atoms with van der Waals surface area (Å²) in [5.74, 6) is 0.711. The molecule has 0 saturated heterocycles. The van der Waals surface area contributed by atoms with Crippen molar-refractivity contribution in [1.82, 2.24) is 4.98 Å². The Hall–Kier alpha value is -0.960. The highest BCUT2D eigenvalue weighted by Gasteiger charge is 2.10. The molecule has 0 bridgehead atoms. The quantitative estimate of drug-likeness (QED) is 0.798. The van der Waals surface area contributed by atoms with Crippen LogP contribution in [0.5, 0.6) is 5.88 Å². The van der Waals surface area contributed by atoms with E-state index in [1.807, 2.05) is 13.8 Å². The number of nitrogens with zero attached hydrogens (tertiary/aromatic N) is 1. The van der Waals surface area contributed by atoms with Crippen molar-refractivity contribution in [3.05, 3.63) is 16.8 Å². The molecular formula is C9H13ClN2O. The van der Waals surface area contributed by atoms with Crippen molar-refractivity contribution in [2.75, 3.05) is 12.8 Å². The first-order valence-corrected chi connectivity index (χ1v) is 4.44. The Kier molecular flexibility index (Phi) is 2.98. The third kappa shape index (κ3) is 2.04. The Morgan fingerprint density at radius 2 is 2.15 bits per heavy atom. The van der Waals surface area contributed by atoms with Gasteiger partial charge in [-0.2, -0.15) is 0 Å². The molecule has 1 aromatic rings. The minimum absolute atomic E-state index is 0.312. The van der Waals surface area contributed by atoms with Crippen molar-refractivity contribution in [2.24, 2.45) is 0 Å². The zero-order valence-corrected chi connectivity index (χ0v) is 8.72. The fraction of sp³-hybridized carbons (Fsp3) is 0.444. The van der Waals surface area contributed by atoms with E-state index in [-0.39, 0.29) is 0 Å². The molecule has 72 valence electrons. The number of nitrogens with two attached hydrogens (primary N) is 1. The van der Waals surface area contributed by atoms with Gasteiger partial charge in [0.15, 0.2) is 0 Å². The SMILES string of the molecule is COc1nc(C(C)C)cc(Cl)c1N. The summed E-state index contributed by atoms with van der Waals surface area (Å²) in [6.07, 6.45) is 0. The predicted molar refractivity (Wildman–Crippen MR) is 54.3 cm³/mol. The summed E-state index contributed by atoms with van der Waals surface area (Å²) in [6.45, 7) is 4.07. The molecule has 0 unspecified atom stereocenters. The van der Waals surface area contributed by atoms with Crippen LogP contribution >= 0.6 is 11.6 Å². The molecule has 2 N–H and O–H groups in total. The highest BCUT2D eigenvalue weighted by molar-refractivity contribution is 6.33. The molecule has 1 aromatic heterocycles. The lowest BCUT2D eigenvalue weighted by molar-refractivity contribution is 0.398. The lowest BCUT2D eigenvalue weighted by atomic mass is 10.1. The van der Waals surface area contributed by atoms with E-state index >= 15 is 0 Å². The van der Waals surface area contributed by atoms with Gasteiger partial charge in [0.05, 0.1) is 12.1 Å². The average Bonchev–Trinajstić information content (AvgIpc) is 2.09. The maximum Gasteiger partial charge on any atom is 0.238 e. The number of hydrogen-bond acceptors (Lipinski definition) is 3. The molecule has 1 rings (SSSR count). The van der Waals surface area contributed by atoms with Gasteiger partial charge in [0.2, 0.25) is 5.88 Å². The maximum absolute atomic E-state index is 5.90. The topological polar surface area (TPSA) is 48.1 Å². The highest BCUT2D eigenvalue weighted by Crippen LogP contribution is 2.30. The molecule has 1 heterocycles. The smallest absolute Gasteiger partial charge is 0.238 e. The summed E-state index contributed by atoms with van der Waals surface area (Å²) in [6, 6.07) is 1.77. The largest absolute Gasteiger partial charge is 0.479 e. The normalized spacial score (nSPS) is 10.5. The zero-order chi connectivity index (χ0) is 10.0. The fourth-order valence-corrected chi connectivity index (χ4v) is 1.16. The standard InChI is InChI=1S/C9H13ClN2O/c1-5(2)7-4-6(10)8(11)9(12-7)13-3/h4-5H,11H2,1-3H3. The van der Waals surface area contributed by atoms with Gasteiger partial charge in [-0.15, -0.1) is 0 Å². The van der Waals surface area contributed by atoms with E-state index in [1.54, 1.807) is 6.07 Å². The van der Waals surface area contributed by atoms with Crippen LogP contribution in [0.25, 0.3) is 0 Å². The minimum atomic E-state index is 0.312. The van der Waals surface area contributed by atoms with Gasteiger partial charge in [-0.1, -0.05) is 25.4 Å². The van der Waals surface area contributed by atoms with Crippen LogP contribution in [0.1, 0.15) is 25.5 Å². The maximum atomic E-state index is 5.90. The number of hydrogen-bond donors (Lipinski definition) is 1. The van der Waals surface area contributed by atoms with Crippen LogP contribution in [0.4, 0.5) is 5.69 Å². The van der Waals surface area contributed by atoms with E-state index in [2.05, 4.69) is 4.98 Å². The molecule has 3 nitrogen and oxygen atoms in total. The summed E-state index contributed by atoms with van der Waals surface area (Å²) in [5, 5.41) is 0.496. The number of methoxy groups -OCH3 is 1. The lowest BCUT2D eigenvalue weighted by Gasteiger charge is -2.10. The molecule has 0 aromatic carbocycles. The van der Waals surface area contributed by atoms with Crippen molar-refractivity contribution in [1.29, 1.82) is 0 Å². The number of anilines is 1. The van der Waals surface area contributed by atoms with Crippen LogP contribution in [0, 0.1) is 0 Å². The van der Waals surface area contributed by atoms with Crippen LogP contribution in [0.2, 0.25) is 5.02 Å². The third-order valence-electron chi connectivity index (χ3n) is 1.78. The summed E-state index contributed by atoms with van der Waals surface area (Å²) in [5.41, 5.74) is 6.92. The zero-order valence-electron chi connectivity index (χ0n) is 7.97. The second-order valence-electron chi connectivity index (χ2n) is 3.11. The molecule has 4 heteroatoms. The molecule has 0 spiro atoms. The second kappa shape index (κ2) is 3.83. The Morgan fingerprint density at radius 1 is 1.54 bits per heavy atom. The molecule has 13 heavy (non-hydrogen) atoms. The highest BCUT2D eigenvalue weighted by atomic mass is 35.5.